The van der Waals surface area contributed by atoms with Gasteiger partial charge in [0, 0.05) is 13.0 Å². The van der Waals surface area contributed by atoms with Crippen molar-refractivity contribution in [2.24, 2.45) is 0 Å². The summed E-state index contributed by atoms with van der Waals surface area (Å²) in [6.45, 7) is -0.140. The van der Waals surface area contributed by atoms with Crippen molar-refractivity contribution in [2.45, 2.75) is 6.42 Å². The molecule has 0 aliphatic rings. The average Bonchev–Trinajstić information content (AvgIpc) is 1.96. The van der Waals surface area contributed by atoms with E-state index < -0.39 is 5.56 Å². The lowest BCUT2D eigenvalue weighted by atomic mass is 10.2. The highest BCUT2D eigenvalue weighted by atomic mass is 16.3. The first-order valence-corrected chi connectivity index (χ1v) is 3.40. The summed E-state index contributed by atoms with van der Waals surface area (Å²) in [4.78, 5) is 17.0. The first-order chi connectivity index (χ1) is 5.65. The molecule has 6 nitrogen and oxygen atoms in total. The van der Waals surface area contributed by atoms with Crippen LogP contribution < -0.4 is 17.0 Å². The van der Waals surface area contributed by atoms with E-state index in [1.165, 1.54) is 0 Å². The van der Waals surface area contributed by atoms with Crippen molar-refractivity contribution in [3.05, 3.63) is 15.9 Å². The second-order valence-electron chi connectivity index (χ2n) is 2.29. The molecule has 6 heteroatoms. The molecule has 0 bridgehead atoms. The molecule has 0 aromatic carbocycles. The normalized spacial score (nSPS) is 10.1. The minimum atomic E-state index is -0.394. The molecule has 0 fully saturated rings. The van der Waals surface area contributed by atoms with Gasteiger partial charge in [-0.2, -0.15) is 4.98 Å². The maximum atomic E-state index is 11.1. The fraction of sp³-hybridized carbons (Fsp3) is 0.333. The van der Waals surface area contributed by atoms with Crippen molar-refractivity contribution < 1.29 is 5.11 Å². The highest BCUT2D eigenvalue weighted by Gasteiger charge is 2.05. The van der Waals surface area contributed by atoms with Crippen molar-refractivity contribution in [3.8, 4) is 0 Å². The number of aliphatic hydroxyl groups is 1. The number of H-pyrrole nitrogens is 1. The molecule has 6 N–H and O–H groups in total. The Balaban J connectivity index is 3.19. The molecule has 1 aromatic heterocycles. The van der Waals surface area contributed by atoms with Crippen LogP contribution in [0.1, 0.15) is 5.56 Å². The predicted molar refractivity (Wildman–Crippen MR) is 44.5 cm³/mol. The molecule has 0 atom stereocenters. The third-order valence-corrected chi connectivity index (χ3v) is 1.43. The summed E-state index contributed by atoms with van der Waals surface area (Å²) in [5, 5.41) is 8.57. The number of hydrogen-bond donors (Lipinski definition) is 4. The Morgan fingerprint density at radius 3 is 2.67 bits per heavy atom. The second-order valence-corrected chi connectivity index (χ2v) is 2.29. The van der Waals surface area contributed by atoms with Crippen LogP contribution in [0.2, 0.25) is 0 Å². The third-order valence-electron chi connectivity index (χ3n) is 1.43. The van der Waals surface area contributed by atoms with E-state index in [0.29, 0.717) is 0 Å². The molecule has 0 aliphatic heterocycles. The quantitative estimate of drug-likeness (QED) is 0.429. The standard InChI is InChI=1S/C6H10N4O2/c7-4-3(1-2-11)5(12)10-6(8)9-4/h11H,1-2H2,(H5,7,8,9,10,12). The number of anilines is 2. The molecule has 0 unspecified atom stereocenters. The van der Waals surface area contributed by atoms with Crippen LogP contribution in [0, 0.1) is 0 Å². The van der Waals surface area contributed by atoms with Crippen LogP contribution >= 0.6 is 0 Å². The van der Waals surface area contributed by atoms with E-state index in [0.717, 1.165) is 0 Å². The van der Waals surface area contributed by atoms with Gasteiger partial charge in [0.2, 0.25) is 5.95 Å². The van der Waals surface area contributed by atoms with Crippen molar-refractivity contribution in [1.82, 2.24) is 9.97 Å². The zero-order chi connectivity index (χ0) is 9.14. The highest BCUT2D eigenvalue weighted by Crippen LogP contribution is 2.03. The van der Waals surface area contributed by atoms with Crippen molar-refractivity contribution in [1.29, 1.82) is 0 Å². The fourth-order valence-corrected chi connectivity index (χ4v) is 0.887. The number of rotatable bonds is 2. The minimum absolute atomic E-state index is 0.0146. The number of nitrogens with zero attached hydrogens (tertiary/aromatic N) is 1. The molecule has 0 saturated carbocycles. The SMILES string of the molecule is Nc1nc(N)c(CCO)c(=O)[nH]1. The van der Waals surface area contributed by atoms with Crippen molar-refractivity contribution in [3.63, 3.8) is 0 Å². The summed E-state index contributed by atoms with van der Waals surface area (Å²) in [5.74, 6) is 0.0597. The van der Waals surface area contributed by atoms with Crippen LogP contribution in [0.15, 0.2) is 4.79 Å². The Kier molecular flexibility index (Phi) is 2.29. The molecular formula is C6H10N4O2. The molecule has 12 heavy (non-hydrogen) atoms. The molecule has 0 radical (unpaired) electrons. The van der Waals surface area contributed by atoms with Gasteiger partial charge in [-0.25, -0.2) is 0 Å². The number of aromatic nitrogens is 2. The predicted octanol–water partition coefficient (Wildman–Crippen LogP) is -1.53. The molecule has 1 aromatic rings. The van der Waals surface area contributed by atoms with Crippen LogP contribution in [0.4, 0.5) is 11.8 Å². The number of hydrogen-bond acceptors (Lipinski definition) is 5. The summed E-state index contributed by atoms with van der Waals surface area (Å²) in [6.07, 6.45) is 0.189. The van der Waals surface area contributed by atoms with Crippen LogP contribution in [0.5, 0.6) is 0 Å². The lowest BCUT2D eigenvalue weighted by Crippen LogP contribution is -2.20. The molecule has 1 rings (SSSR count). The Morgan fingerprint density at radius 1 is 1.50 bits per heavy atom. The maximum absolute atomic E-state index is 11.1. The van der Waals surface area contributed by atoms with Gasteiger partial charge in [-0.1, -0.05) is 0 Å². The fourth-order valence-electron chi connectivity index (χ4n) is 0.887. The zero-order valence-electron chi connectivity index (χ0n) is 6.37. The second kappa shape index (κ2) is 3.22. The average molecular weight is 170 g/mol. The number of aliphatic hydroxyl groups excluding tert-OH is 1. The van der Waals surface area contributed by atoms with Crippen LogP contribution in [0.25, 0.3) is 0 Å². The van der Waals surface area contributed by atoms with Gasteiger partial charge in [0.15, 0.2) is 0 Å². The monoisotopic (exact) mass is 170 g/mol. The van der Waals surface area contributed by atoms with Gasteiger partial charge >= 0.3 is 0 Å². The lowest BCUT2D eigenvalue weighted by molar-refractivity contribution is 0.299. The topological polar surface area (TPSA) is 118 Å². The molecule has 66 valence electrons. The highest BCUT2D eigenvalue weighted by molar-refractivity contribution is 5.41. The van der Waals surface area contributed by atoms with E-state index in [2.05, 4.69) is 9.97 Å². The molecule has 0 saturated heterocycles. The summed E-state index contributed by atoms with van der Waals surface area (Å²) < 4.78 is 0. The van der Waals surface area contributed by atoms with Crippen molar-refractivity contribution in [2.75, 3.05) is 18.1 Å². The third kappa shape index (κ3) is 1.54. The van der Waals surface area contributed by atoms with E-state index in [9.17, 15) is 4.79 Å². The summed E-state index contributed by atoms with van der Waals surface area (Å²) in [6, 6.07) is 0. The van der Waals surface area contributed by atoms with E-state index in [4.69, 9.17) is 16.6 Å². The molecular weight excluding hydrogens is 160 g/mol. The zero-order valence-corrected chi connectivity index (χ0v) is 6.37. The number of nitrogens with two attached hydrogens (primary N) is 2. The summed E-state index contributed by atoms with van der Waals surface area (Å²) in [5.41, 5.74) is 10.5. The number of aromatic amines is 1. The summed E-state index contributed by atoms with van der Waals surface area (Å²) >= 11 is 0. The van der Waals surface area contributed by atoms with Crippen LogP contribution in [-0.2, 0) is 6.42 Å². The number of nitrogens with one attached hydrogen (secondary N) is 1. The Morgan fingerprint density at radius 2 is 2.17 bits per heavy atom. The van der Waals surface area contributed by atoms with Gasteiger partial charge < -0.3 is 16.6 Å². The Labute approximate surface area is 68.2 Å². The summed E-state index contributed by atoms with van der Waals surface area (Å²) in [7, 11) is 0. The van der Waals surface area contributed by atoms with E-state index in [-0.39, 0.29) is 30.4 Å². The van der Waals surface area contributed by atoms with E-state index in [1.807, 2.05) is 0 Å². The minimum Gasteiger partial charge on any atom is -0.396 e. The molecule has 1 heterocycles. The van der Waals surface area contributed by atoms with Crippen LogP contribution in [-0.4, -0.2) is 21.7 Å². The van der Waals surface area contributed by atoms with E-state index in [1.54, 1.807) is 0 Å². The van der Waals surface area contributed by atoms with Gasteiger partial charge in [-0.15, -0.1) is 0 Å². The van der Waals surface area contributed by atoms with E-state index >= 15 is 0 Å². The van der Waals surface area contributed by atoms with Gasteiger partial charge in [0.25, 0.3) is 5.56 Å². The first kappa shape index (κ1) is 8.54. The van der Waals surface area contributed by atoms with Gasteiger partial charge in [-0.05, 0) is 0 Å². The van der Waals surface area contributed by atoms with Gasteiger partial charge in [-0.3, -0.25) is 9.78 Å². The lowest BCUT2D eigenvalue weighted by Gasteiger charge is -2.01. The van der Waals surface area contributed by atoms with Crippen molar-refractivity contribution >= 4 is 11.8 Å². The number of nitrogen functional groups attached to an aromatic ring is 2. The molecule has 0 spiro atoms. The van der Waals surface area contributed by atoms with Gasteiger partial charge in [0.05, 0.1) is 5.56 Å². The first-order valence-electron chi connectivity index (χ1n) is 3.40. The Bertz CT molecular complexity index is 333. The molecule has 0 aliphatic carbocycles. The van der Waals surface area contributed by atoms with Gasteiger partial charge in [0.1, 0.15) is 5.82 Å². The smallest absolute Gasteiger partial charge is 0.257 e. The molecule has 0 amide bonds. The van der Waals surface area contributed by atoms with Crippen LogP contribution in [0.3, 0.4) is 0 Å². The Hall–Kier alpha value is -1.56. The largest absolute Gasteiger partial charge is 0.396 e. The maximum Gasteiger partial charge on any atom is 0.257 e.